The molecule has 1 rings (SSSR count). The lowest BCUT2D eigenvalue weighted by Gasteiger charge is -2.26. The molecule has 47 heavy (non-hydrogen) atoms. The summed E-state index contributed by atoms with van der Waals surface area (Å²) in [5, 5.41) is 20.3. The van der Waals surface area contributed by atoms with Crippen molar-refractivity contribution in [1.82, 2.24) is 0 Å². The first-order chi connectivity index (χ1) is 22.0. The number of aliphatic carboxylic acids is 1. The number of rotatable bonds is 21. The Balaban J connectivity index is 3.09. The quantitative estimate of drug-likeness (QED) is 0.0772. The van der Waals surface area contributed by atoms with Crippen molar-refractivity contribution in [2.45, 2.75) is 151 Å². The lowest BCUT2D eigenvalue weighted by atomic mass is 9.88. The van der Waals surface area contributed by atoms with Gasteiger partial charge in [-0.1, -0.05) is 54.0 Å². The molecule has 1 atom stereocenters. The minimum atomic E-state index is -1.08. The van der Waals surface area contributed by atoms with Crippen molar-refractivity contribution in [2.75, 3.05) is 0 Å². The Bertz CT molecular complexity index is 1340. The van der Waals surface area contributed by atoms with Crippen LogP contribution < -0.4 is 9.47 Å². The highest BCUT2D eigenvalue weighted by Gasteiger charge is 2.26. The normalized spacial score (nSPS) is 13.1. The van der Waals surface area contributed by atoms with Gasteiger partial charge in [0.2, 0.25) is 0 Å². The monoisotopic (exact) mass is 652 g/mol. The molecule has 1 aromatic carbocycles. The van der Waals surface area contributed by atoms with Crippen molar-refractivity contribution in [3.63, 3.8) is 0 Å². The largest absolute Gasteiger partial charge is 0.481 e. The van der Waals surface area contributed by atoms with Crippen LogP contribution in [0.15, 0.2) is 47.1 Å². The van der Waals surface area contributed by atoms with E-state index in [-0.39, 0.29) is 25.2 Å². The predicted octanol–water partition coefficient (Wildman–Crippen LogP) is 9.92. The topological polar surface area (TPSA) is 110 Å². The highest BCUT2D eigenvalue weighted by Crippen LogP contribution is 2.40. The van der Waals surface area contributed by atoms with E-state index in [1.54, 1.807) is 13.8 Å². The first kappa shape index (κ1) is 41.6. The summed E-state index contributed by atoms with van der Waals surface area (Å²) in [5.74, 6) is -1.33. The Hall–Kier alpha value is -3.45. The summed E-state index contributed by atoms with van der Waals surface area (Å²) in [6.07, 6.45) is 14.0. The van der Waals surface area contributed by atoms with Crippen LogP contribution in [-0.2, 0) is 20.8 Å². The zero-order valence-electron chi connectivity index (χ0n) is 30.6. The first-order valence-corrected chi connectivity index (χ1v) is 17.1. The van der Waals surface area contributed by atoms with Crippen LogP contribution in [-0.4, -0.2) is 33.7 Å². The van der Waals surface area contributed by atoms with Crippen molar-refractivity contribution in [3.05, 3.63) is 69.4 Å². The van der Waals surface area contributed by atoms with Gasteiger partial charge in [0, 0.05) is 12.0 Å². The fraction of sp³-hybridized carbons (Fsp3) is 0.575. The van der Waals surface area contributed by atoms with Gasteiger partial charge in [-0.2, -0.15) is 0 Å². The number of ether oxygens (including phenoxy) is 2. The second-order valence-corrected chi connectivity index (χ2v) is 13.5. The lowest BCUT2D eigenvalue weighted by molar-refractivity contribution is -0.142. The number of carboxylic acid groups (broad SMARTS) is 1. The summed E-state index contributed by atoms with van der Waals surface area (Å²) in [6, 6.07) is 0. The van der Waals surface area contributed by atoms with Crippen LogP contribution in [0.3, 0.4) is 0 Å². The van der Waals surface area contributed by atoms with Crippen LogP contribution in [0.25, 0.3) is 0 Å². The van der Waals surface area contributed by atoms with Crippen LogP contribution >= 0.6 is 0 Å². The maximum Gasteiger partial charge on any atom is 0.311 e. The summed E-state index contributed by atoms with van der Waals surface area (Å²) < 4.78 is 11.6. The van der Waals surface area contributed by atoms with E-state index in [0.717, 1.165) is 44.1 Å². The molecule has 2 N–H and O–H groups in total. The van der Waals surface area contributed by atoms with E-state index in [1.807, 2.05) is 20.8 Å². The van der Waals surface area contributed by atoms with E-state index in [9.17, 15) is 19.5 Å². The van der Waals surface area contributed by atoms with Gasteiger partial charge in [0.05, 0.1) is 18.4 Å². The van der Waals surface area contributed by atoms with Crippen LogP contribution in [0.1, 0.15) is 141 Å². The molecule has 0 aliphatic rings. The average molecular weight is 653 g/mol. The molecule has 0 bridgehead atoms. The van der Waals surface area contributed by atoms with Gasteiger partial charge in [-0.05, 0) is 136 Å². The summed E-state index contributed by atoms with van der Waals surface area (Å²) >= 11 is 0. The summed E-state index contributed by atoms with van der Waals surface area (Å²) in [4.78, 5) is 36.4. The van der Waals surface area contributed by atoms with Crippen molar-refractivity contribution in [3.8, 4) is 11.5 Å². The Labute approximate surface area is 283 Å². The van der Waals surface area contributed by atoms with Gasteiger partial charge in [0.15, 0.2) is 0 Å². The molecular weight excluding hydrogens is 592 g/mol. The lowest BCUT2D eigenvalue weighted by Crippen LogP contribution is -2.25. The van der Waals surface area contributed by atoms with E-state index in [1.165, 1.54) is 16.7 Å². The Kier molecular flexibility index (Phi) is 18.3. The number of carbonyl (C=O) groups is 3. The van der Waals surface area contributed by atoms with E-state index in [4.69, 9.17) is 14.6 Å². The number of aliphatic hydroxyl groups is 1. The molecule has 0 saturated carbocycles. The van der Waals surface area contributed by atoms with E-state index >= 15 is 0 Å². The average Bonchev–Trinajstić information content (AvgIpc) is 2.99. The predicted molar refractivity (Wildman–Crippen MR) is 191 cm³/mol. The Morgan fingerprint density at radius 3 is 1.79 bits per heavy atom. The van der Waals surface area contributed by atoms with Crippen molar-refractivity contribution in [1.29, 1.82) is 0 Å². The molecule has 0 aliphatic heterocycles. The number of carbonyl (C=O) groups excluding carboxylic acids is 2. The highest BCUT2D eigenvalue weighted by atomic mass is 16.5. The van der Waals surface area contributed by atoms with E-state index in [2.05, 4.69) is 52.5 Å². The molecule has 0 fully saturated rings. The Morgan fingerprint density at radius 2 is 1.23 bits per heavy atom. The molecule has 0 spiro atoms. The molecule has 7 heteroatoms. The molecule has 0 aliphatic carbocycles. The fourth-order valence-electron chi connectivity index (χ4n) is 5.23. The summed E-state index contributed by atoms with van der Waals surface area (Å²) in [5.41, 5.74) is 6.67. The molecule has 1 aromatic rings. The zero-order chi connectivity index (χ0) is 35.7. The maximum absolute atomic E-state index is 12.9. The fourth-order valence-corrected chi connectivity index (χ4v) is 5.23. The molecule has 0 heterocycles. The van der Waals surface area contributed by atoms with Crippen LogP contribution in [0.4, 0.5) is 0 Å². The minimum Gasteiger partial charge on any atom is -0.481 e. The number of carboxylic acids is 1. The van der Waals surface area contributed by atoms with Crippen LogP contribution in [0, 0.1) is 20.8 Å². The molecule has 0 amide bonds. The molecule has 0 aromatic heterocycles. The first-order valence-electron chi connectivity index (χ1n) is 17.1. The summed E-state index contributed by atoms with van der Waals surface area (Å²) in [7, 11) is 0. The maximum atomic E-state index is 12.9. The van der Waals surface area contributed by atoms with Gasteiger partial charge < -0.3 is 19.7 Å². The third kappa shape index (κ3) is 16.3. The second-order valence-electron chi connectivity index (χ2n) is 13.5. The zero-order valence-corrected chi connectivity index (χ0v) is 30.6. The van der Waals surface area contributed by atoms with Crippen molar-refractivity contribution in [2.24, 2.45) is 0 Å². The van der Waals surface area contributed by atoms with Crippen LogP contribution in [0.2, 0.25) is 0 Å². The van der Waals surface area contributed by atoms with Gasteiger partial charge in [-0.3, -0.25) is 14.4 Å². The summed E-state index contributed by atoms with van der Waals surface area (Å²) in [6.45, 7) is 21.8. The third-order valence-corrected chi connectivity index (χ3v) is 8.68. The number of benzene rings is 1. The van der Waals surface area contributed by atoms with Gasteiger partial charge in [0.1, 0.15) is 11.5 Å². The molecular formula is C40H60O7. The minimum absolute atomic E-state index is 0.199. The Morgan fingerprint density at radius 1 is 0.723 bits per heavy atom. The number of allylic oxidation sites excluding steroid dienone is 7. The van der Waals surface area contributed by atoms with Crippen molar-refractivity contribution >= 4 is 17.9 Å². The van der Waals surface area contributed by atoms with Gasteiger partial charge >= 0.3 is 17.9 Å². The van der Waals surface area contributed by atoms with Crippen molar-refractivity contribution < 1.29 is 34.1 Å². The third-order valence-electron chi connectivity index (χ3n) is 8.68. The van der Waals surface area contributed by atoms with Gasteiger partial charge in [-0.15, -0.1) is 0 Å². The van der Waals surface area contributed by atoms with E-state index < -0.39 is 17.5 Å². The molecule has 7 nitrogen and oxygen atoms in total. The number of hydrogen-bond donors (Lipinski definition) is 2. The van der Waals surface area contributed by atoms with Crippen LogP contribution in [0.5, 0.6) is 11.5 Å². The van der Waals surface area contributed by atoms with E-state index in [0.29, 0.717) is 59.4 Å². The number of hydrogen-bond acceptors (Lipinski definition) is 6. The standard InChI is InChI=1S/C40H60O7/c1-11-28(4)20-22-36(43)47-39-32(8)31(7)38(46-37(44)23-21-35(41)42)33(9)34(39)24-26-40(10,45)25-14-19-30(6)18-13-17-29(5)16-12-15-27(2)3/h15,17,19,45H,4,11-14,16,18,20-26H2,1-3,5-10H3,(H,41,42)/b29-17+,30-19+. The number of esters is 2. The smallest absolute Gasteiger partial charge is 0.311 e. The molecule has 1 unspecified atom stereocenters. The SMILES string of the molecule is C=C(CC)CCC(=O)Oc1c(C)c(C)c(OC(=O)CCC(=O)O)c(C)c1CCC(C)(O)CC/C=C(\C)CC/C=C(\C)CCC=C(C)C. The second kappa shape index (κ2) is 20.7. The van der Waals surface area contributed by atoms with Gasteiger partial charge in [-0.25, -0.2) is 0 Å². The molecule has 0 radical (unpaired) electrons. The molecule has 0 saturated heterocycles. The van der Waals surface area contributed by atoms with Gasteiger partial charge in [0.25, 0.3) is 0 Å². The molecule has 262 valence electrons. The highest BCUT2D eigenvalue weighted by molar-refractivity contribution is 5.80.